The van der Waals surface area contributed by atoms with Crippen molar-refractivity contribution >= 4 is 0 Å². The van der Waals surface area contributed by atoms with Crippen molar-refractivity contribution in [3.8, 4) is 11.5 Å². The molecule has 0 saturated carbocycles. The lowest BCUT2D eigenvalue weighted by Gasteiger charge is -2.31. The van der Waals surface area contributed by atoms with Crippen LogP contribution in [0.15, 0.2) is 36.4 Å². The largest absolute Gasteiger partial charge is 0.497 e. The molecule has 0 radical (unpaired) electrons. The lowest BCUT2D eigenvalue weighted by Crippen LogP contribution is -2.24. The highest BCUT2D eigenvalue weighted by atomic mass is 19.1. The Morgan fingerprint density at radius 2 is 1.95 bits per heavy atom. The minimum Gasteiger partial charge on any atom is -0.497 e. The zero-order valence-electron chi connectivity index (χ0n) is 11.5. The predicted octanol–water partition coefficient (Wildman–Crippen LogP) is 3.50. The van der Waals surface area contributed by atoms with Gasteiger partial charge in [-0.1, -0.05) is 0 Å². The maximum Gasteiger partial charge on any atom is 0.130 e. The van der Waals surface area contributed by atoms with Crippen LogP contribution in [-0.2, 0) is 0 Å². The number of benzene rings is 2. The summed E-state index contributed by atoms with van der Waals surface area (Å²) in [6.45, 7) is 0. The van der Waals surface area contributed by atoms with Gasteiger partial charge in [-0.25, -0.2) is 8.78 Å². The molecule has 110 valence electrons. The smallest absolute Gasteiger partial charge is 0.130 e. The Bertz CT molecular complexity index is 675. The van der Waals surface area contributed by atoms with Crippen LogP contribution >= 0.6 is 0 Å². The van der Waals surface area contributed by atoms with E-state index in [1.54, 1.807) is 25.3 Å². The quantitative estimate of drug-likeness (QED) is 0.921. The number of halogens is 2. The molecule has 2 atom stereocenters. The van der Waals surface area contributed by atoms with E-state index in [-0.39, 0.29) is 11.6 Å². The summed E-state index contributed by atoms with van der Waals surface area (Å²) in [7, 11) is 1.57. The van der Waals surface area contributed by atoms with Crippen molar-refractivity contribution in [3.63, 3.8) is 0 Å². The summed E-state index contributed by atoms with van der Waals surface area (Å²) in [5.41, 5.74) is 7.13. The lowest BCUT2D eigenvalue weighted by molar-refractivity contribution is 0.156. The van der Waals surface area contributed by atoms with Crippen LogP contribution in [0.2, 0.25) is 0 Å². The zero-order valence-corrected chi connectivity index (χ0v) is 11.5. The van der Waals surface area contributed by atoms with Gasteiger partial charge in [0.05, 0.1) is 7.11 Å². The molecule has 0 bridgehead atoms. The van der Waals surface area contributed by atoms with Crippen LogP contribution in [0.25, 0.3) is 0 Å². The van der Waals surface area contributed by atoms with Crippen LogP contribution < -0.4 is 15.2 Å². The van der Waals surface area contributed by atoms with Gasteiger partial charge in [-0.2, -0.15) is 0 Å². The minimum atomic E-state index is -0.600. The topological polar surface area (TPSA) is 44.5 Å². The Morgan fingerprint density at radius 3 is 2.71 bits per heavy atom. The number of hydrogen-bond acceptors (Lipinski definition) is 3. The fourth-order valence-electron chi connectivity index (χ4n) is 2.56. The predicted molar refractivity (Wildman–Crippen MR) is 74.3 cm³/mol. The Hall–Kier alpha value is -2.14. The van der Waals surface area contributed by atoms with Gasteiger partial charge in [0.25, 0.3) is 0 Å². The molecule has 1 unspecified atom stereocenters. The van der Waals surface area contributed by atoms with Crippen LogP contribution in [0.5, 0.6) is 11.5 Å². The molecule has 1 aliphatic rings. The molecule has 1 heterocycles. The van der Waals surface area contributed by atoms with Gasteiger partial charge < -0.3 is 15.2 Å². The maximum absolute atomic E-state index is 13.9. The van der Waals surface area contributed by atoms with Gasteiger partial charge in [-0.15, -0.1) is 0 Å². The first-order valence-corrected chi connectivity index (χ1v) is 6.63. The molecule has 0 saturated heterocycles. The van der Waals surface area contributed by atoms with Crippen molar-refractivity contribution in [3.05, 3.63) is 59.2 Å². The third-order valence-corrected chi connectivity index (χ3v) is 3.66. The molecule has 2 aromatic carbocycles. The molecule has 0 amide bonds. The molecule has 2 N–H and O–H groups in total. The third-order valence-electron chi connectivity index (χ3n) is 3.66. The number of fused-ring (bicyclic) bond motifs is 1. The van der Waals surface area contributed by atoms with Gasteiger partial charge in [-0.3, -0.25) is 0 Å². The van der Waals surface area contributed by atoms with Gasteiger partial charge in [0, 0.05) is 23.6 Å². The number of hydrogen-bond donors (Lipinski definition) is 1. The van der Waals surface area contributed by atoms with Gasteiger partial charge in [0.1, 0.15) is 29.2 Å². The minimum absolute atomic E-state index is 0.187. The molecule has 0 spiro atoms. The first-order valence-electron chi connectivity index (χ1n) is 6.63. The molecule has 3 nitrogen and oxygen atoms in total. The molecule has 2 aromatic rings. The first kappa shape index (κ1) is 13.8. The normalized spacial score (nSPS) is 20.6. The molecule has 0 fully saturated rings. The number of rotatable bonds is 2. The Kier molecular flexibility index (Phi) is 3.51. The van der Waals surface area contributed by atoms with Gasteiger partial charge in [0.15, 0.2) is 0 Å². The third kappa shape index (κ3) is 2.56. The fourth-order valence-corrected chi connectivity index (χ4v) is 2.56. The first-order chi connectivity index (χ1) is 10.1. The van der Waals surface area contributed by atoms with E-state index in [1.807, 2.05) is 0 Å². The maximum atomic E-state index is 13.9. The molecule has 21 heavy (non-hydrogen) atoms. The number of ether oxygens (including phenoxy) is 2. The van der Waals surface area contributed by atoms with Crippen molar-refractivity contribution in [2.75, 3.05) is 7.11 Å². The molecule has 5 heteroatoms. The molecule has 0 aliphatic carbocycles. The van der Waals surface area contributed by atoms with E-state index in [9.17, 15) is 8.78 Å². The Labute approximate surface area is 121 Å². The highest BCUT2D eigenvalue weighted by molar-refractivity contribution is 5.44. The zero-order chi connectivity index (χ0) is 15.0. The van der Waals surface area contributed by atoms with Crippen LogP contribution in [0.4, 0.5) is 8.78 Å². The summed E-state index contributed by atoms with van der Waals surface area (Å²) < 4.78 is 38.1. The van der Waals surface area contributed by atoms with Gasteiger partial charge in [-0.05, 0) is 36.4 Å². The molecule has 3 rings (SSSR count). The second-order valence-electron chi connectivity index (χ2n) is 5.02. The van der Waals surface area contributed by atoms with E-state index in [4.69, 9.17) is 15.2 Å². The average molecular weight is 291 g/mol. The highest BCUT2D eigenvalue weighted by Gasteiger charge is 2.29. The SMILES string of the molecule is COc1ccc2c(c1)[C@@H](N)CC(c1cc(F)ccc1F)O2. The number of methoxy groups -OCH3 is 1. The molecular weight excluding hydrogens is 276 g/mol. The van der Waals surface area contributed by atoms with Gasteiger partial charge >= 0.3 is 0 Å². The van der Waals surface area contributed by atoms with E-state index < -0.39 is 17.7 Å². The highest BCUT2D eigenvalue weighted by Crippen LogP contribution is 2.41. The monoisotopic (exact) mass is 291 g/mol. The Balaban J connectivity index is 1.96. The van der Waals surface area contributed by atoms with Crippen LogP contribution in [0.3, 0.4) is 0 Å². The van der Waals surface area contributed by atoms with Crippen LogP contribution in [-0.4, -0.2) is 7.11 Å². The summed E-state index contributed by atoms with van der Waals surface area (Å²) in [6, 6.07) is 8.30. The standard InChI is InChI=1S/C16H15F2NO2/c1-20-10-3-5-15-12(7-10)14(19)8-16(21-15)11-6-9(17)2-4-13(11)18/h2-7,14,16H,8,19H2,1H3/t14-,16?/m0/s1. The van der Waals surface area contributed by atoms with Crippen molar-refractivity contribution in [1.29, 1.82) is 0 Å². The van der Waals surface area contributed by atoms with E-state index in [1.165, 1.54) is 0 Å². The molecule has 1 aliphatic heterocycles. The molecule has 0 aromatic heterocycles. The summed E-state index contributed by atoms with van der Waals surface area (Å²) in [5, 5.41) is 0. The van der Waals surface area contributed by atoms with E-state index >= 15 is 0 Å². The van der Waals surface area contributed by atoms with Crippen LogP contribution in [0.1, 0.15) is 29.7 Å². The average Bonchev–Trinajstić information content (AvgIpc) is 2.49. The van der Waals surface area contributed by atoms with E-state index in [2.05, 4.69) is 0 Å². The lowest BCUT2D eigenvalue weighted by atomic mass is 9.93. The van der Waals surface area contributed by atoms with E-state index in [0.717, 1.165) is 23.8 Å². The summed E-state index contributed by atoms with van der Waals surface area (Å²) >= 11 is 0. The van der Waals surface area contributed by atoms with Crippen LogP contribution in [0, 0.1) is 11.6 Å². The molecular formula is C16H15F2NO2. The number of nitrogens with two attached hydrogens (primary N) is 1. The second-order valence-corrected chi connectivity index (χ2v) is 5.02. The summed E-state index contributed by atoms with van der Waals surface area (Å²) in [6.07, 6.45) is -0.225. The second kappa shape index (κ2) is 5.33. The van der Waals surface area contributed by atoms with Crippen molar-refractivity contribution in [2.24, 2.45) is 5.73 Å². The summed E-state index contributed by atoms with van der Waals surface area (Å²) in [4.78, 5) is 0. The van der Waals surface area contributed by atoms with E-state index in [0.29, 0.717) is 17.9 Å². The van der Waals surface area contributed by atoms with Crippen molar-refractivity contribution < 1.29 is 18.3 Å². The van der Waals surface area contributed by atoms with Gasteiger partial charge in [0.2, 0.25) is 0 Å². The van der Waals surface area contributed by atoms with Crippen molar-refractivity contribution in [1.82, 2.24) is 0 Å². The summed E-state index contributed by atoms with van der Waals surface area (Å²) in [5.74, 6) is 0.265. The van der Waals surface area contributed by atoms with Crippen molar-refractivity contribution in [2.45, 2.75) is 18.6 Å². The fraction of sp³-hybridized carbons (Fsp3) is 0.250. The Morgan fingerprint density at radius 1 is 1.14 bits per heavy atom.